The molecule has 1 saturated carbocycles. The van der Waals surface area contributed by atoms with Gasteiger partial charge in [-0.15, -0.1) is 0 Å². The van der Waals surface area contributed by atoms with Crippen molar-refractivity contribution in [2.24, 2.45) is 0 Å². The highest BCUT2D eigenvalue weighted by Gasteiger charge is 2.39. The minimum absolute atomic E-state index is 0.384. The van der Waals surface area contributed by atoms with Crippen LogP contribution in [0, 0.1) is 0 Å². The Labute approximate surface area is 110 Å². The summed E-state index contributed by atoms with van der Waals surface area (Å²) in [7, 11) is 6.15. The topological polar surface area (TPSA) is 3.24 Å². The second kappa shape index (κ2) is 5.30. The molecule has 2 rings (SSSR count). The highest BCUT2D eigenvalue weighted by atomic mass is 32.2. The molecule has 0 aromatic rings. The van der Waals surface area contributed by atoms with Gasteiger partial charge in [0.1, 0.15) is 4.32 Å². The first-order valence-electron chi connectivity index (χ1n) is 6.34. The van der Waals surface area contributed by atoms with Crippen LogP contribution in [0.25, 0.3) is 0 Å². The van der Waals surface area contributed by atoms with Crippen molar-refractivity contribution in [3.63, 3.8) is 0 Å². The first-order valence-corrected chi connectivity index (χ1v) is 7.63. The SMILES string of the molecule is [B]C1CCCCC2C(C1)SC(=S)N2C(C)C. The minimum atomic E-state index is 0.384. The number of nitrogens with zero attached hydrogens (tertiary/aromatic N) is 1. The highest BCUT2D eigenvalue weighted by molar-refractivity contribution is 8.23. The van der Waals surface area contributed by atoms with E-state index in [1.165, 1.54) is 25.7 Å². The van der Waals surface area contributed by atoms with Crippen LogP contribution < -0.4 is 0 Å². The smallest absolute Gasteiger partial charge is 0.137 e. The first kappa shape index (κ1) is 12.8. The summed E-state index contributed by atoms with van der Waals surface area (Å²) in [6, 6.07) is 1.18. The fourth-order valence-corrected chi connectivity index (χ4v) is 5.10. The van der Waals surface area contributed by atoms with Crippen molar-refractivity contribution >= 4 is 36.1 Å². The Morgan fingerprint density at radius 2 is 2.06 bits per heavy atom. The molecule has 1 saturated heterocycles. The van der Waals surface area contributed by atoms with Gasteiger partial charge >= 0.3 is 0 Å². The van der Waals surface area contributed by atoms with Crippen molar-refractivity contribution in [1.82, 2.24) is 4.90 Å². The molecule has 4 heteroatoms. The second-order valence-electron chi connectivity index (χ2n) is 5.27. The summed E-state index contributed by atoms with van der Waals surface area (Å²) in [4.78, 5) is 2.45. The predicted octanol–water partition coefficient (Wildman–Crippen LogP) is 3.39. The van der Waals surface area contributed by atoms with Crippen LogP contribution in [0.4, 0.5) is 0 Å². The van der Waals surface area contributed by atoms with Crippen molar-refractivity contribution in [3.8, 4) is 0 Å². The van der Waals surface area contributed by atoms with Crippen molar-refractivity contribution < 1.29 is 0 Å². The van der Waals surface area contributed by atoms with E-state index in [0.29, 0.717) is 23.2 Å². The molecule has 2 radical (unpaired) electrons. The molecule has 0 aromatic heterocycles. The average molecular weight is 253 g/mol. The monoisotopic (exact) mass is 253 g/mol. The van der Waals surface area contributed by atoms with E-state index in [9.17, 15) is 0 Å². The van der Waals surface area contributed by atoms with E-state index < -0.39 is 0 Å². The third-order valence-electron chi connectivity index (χ3n) is 3.67. The van der Waals surface area contributed by atoms with Gasteiger partial charge in [-0.3, -0.25) is 0 Å². The Hall–Kier alpha value is 0.305. The van der Waals surface area contributed by atoms with Crippen LogP contribution in [0.5, 0.6) is 0 Å². The Kier molecular flexibility index (Phi) is 4.23. The summed E-state index contributed by atoms with van der Waals surface area (Å²) in [6.07, 6.45) is 6.22. The van der Waals surface area contributed by atoms with Gasteiger partial charge in [0.25, 0.3) is 0 Å². The highest BCUT2D eigenvalue weighted by Crippen LogP contribution is 2.42. The molecule has 88 valence electrons. The van der Waals surface area contributed by atoms with Gasteiger partial charge in [-0.1, -0.05) is 49.1 Å². The Balaban J connectivity index is 2.12. The second-order valence-corrected chi connectivity index (χ2v) is 7.14. The fraction of sp³-hybridized carbons (Fsp3) is 0.917. The quantitative estimate of drug-likeness (QED) is 0.521. The molecular weight excluding hydrogens is 233 g/mol. The van der Waals surface area contributed by atoms with Gasteiger partial charge in [0, 0.05) is 17.3 Å². The maximum Gasteiger partial charge on any atom is 0.137 e. The average Bonchev–Trinajstić information content (AvgIpc) is 2.46. The Morgan fingerprint density at radius 3 is 2.75 bits per heavy atom. The molecule has 0 amide bonds. The molecule has 2 fully saturated rings. The number of hydrogen-bond donors (Lipinski definition) is 0. The van der Waals surface area contributed by atoms with E-state index in [2.05, 4.69) is 18.7 Å². The number of fused-ring (bicyclic) bond motifs is 1. The predicted molar refractivity (Wildman–Crippen MR) is 77.3 cm³/mol. The summed E-state index contributed by atoms with van der Waals surface area (Å²) in [5, 5.41) is 0.644. The summed E-state index contributed by atoms with van der Waals surface area (Å²) in [6.45, 7) is 4.49. The van der Waals surface area contributed by atoms with E-state index in [4.69, 9.17) is 20.1 Å². The van der Waals surface area contributed by atoms with Crippen LogP contribution in [-0.4, -0.2) is 34.4 Å². The van der Waals surface area contributed by atoms with Gasteiger partial charge in [0.05, 0.1) is 7.85 Å². The summed E-state index contributed by atoms with van der Waals surface area (Å²) < 4.78 is 1.10. The fourth-order valence-electron chi connectivity index (χ4n) is 2.88. The molecule has 0 N–H and O–H groups in total. The molecule has 16 heavy (non-hydrogen) atoms. The molecule has 1 nitrogen and oxygen atoms in total. The van der Waals surface area contributed by atoms with Gasteiger partial charge in [0.2, 0.25) is 0 Å². The van der Waals surface area contributed by atoms with Gasteiger partial charge in [-0.25, -0.2) is 0 Å². The molecular formula is C12H20BNS2. The lowest BCUT2D eigenvalue weighted by atomic mass is 9.76. The third-order valence-corrected chi connectivity index (χ3v) is 5.39. The van der Waals surface area contributed by atoms with Crippen molar-refractivity contribution in [1.29, 1.82) is 0 Å². The number of thioether (sulfide) groups is 1. The van der Waals surface area contributed by atoms with Gasteiger partial charge < -0.3 is 4.90 Å². The lowest BCUT2D eigenvalue weighted by Crippen LogP contribution is -2.41. The van der Waals surface area contributed by atoms with Crippen molar-refractivity contribution in [2.45, 2.75) is 69.1 Å². The van der Waals surface area contributed by atoms with Gasteiger partial charge in [-0.05, 0) is 26.7 Å². The standard InChI is InChI=1S/C12H20BNS2/c1-8(2)14-10-6-4-3-5-9(13)7-11(10)16-12(14)15/h8-11H,3-7H2,1-2H3. The van der Waals surface area contributed by atoms with Crippen LogP contribution >= 0.6 is 24.0 Å². The molecule has 0 spiro atoms. The number of hydrogen-bond acceptors (Lipinski definition) is 2. The van der Waals surface area contributed by atoms with Crippen molar-refractivity contribution in [3.05, 3.63) is 0 Å². The zero-order chi connectivity index (χ0) is 11.7. The van der Waals surface area contributed by atoms with Crippen molar-refractivity contribution in [2.75, 3.05) is 0 Å². The maximum absolute atomic E-state index is 6.15. The summed E-state index contributed by atoms with van der Waals surface area (Å²) in [5.41, 5.74) is 0. The molecule has 3 atom stereocenters. The first-order chi connectivity index (χ1) is 7.59. The lowest BCUT2D eigenvalue weighted by Gasteiger charge is -2.34. The van der Waals surface area contributed by atoms with E-state index in [-0.39, 0.29) is 0 Å². The molecule has 0 aromatic carbocycles. The molecule has 0 bridgehead atoms. The molecule has 1 aliphatic heterocycles. The molecule has 1 heterocycles. The molecule has 2 aliphatic rings. The number of thiocarbonyl (C=S) groups is 1. The van der Waals surface area contributed by atoms with E-state index in [0.717, 1.165) is 10.7 Å². The van der Waals surface area contributed by atoms with E-state index >= 15 is 0 Å². The minimum Gasteiger partial charge on any atom is -0.351 e. The van der Waals surface area contributed by atoms with Gasteiger partial charge in [0.15, 0.2) is 0 Å². The third kappa shape index (κ3) is 2.58. The molecule has 1 aliphatic carbocycles. The van der Waals surface area contributed by atoms with Gasteiger partial charge in [-0.2, -0.15) is 0 Å². The Bertz CT molecular complexity index is 270. The lowest BCUT2D eigenvalue weighted by molar-refractivity contribution is 0.243. The Morgan fingerprint density at radius 1 is 1.38 bits per heavy atom. The number of rotatable bonds is 1. The van der Waals surface area contributed by atoms with E-state index in [1.54, 1.807) is 0 Å². The zero-order valence-electron chi connectivity index (χ0n) is 10.2. The van der Waals surface area contributed by atoms with Crippen LogP contribution in [0.1, 0.15) is 46.0 Å². The zero-order valence-corrected chi connectivity index (χ0v) is 11.8. The van der Waals surface area contributed by atoms with Crippen LogP contribution in [0.2, 0.25) is 5.82 Å². The van der Waals surface area contributed by atoms with Crippen LogP contribution in [0.15, 0.2) is 0 Å². The largest absolute Gasteiger partial charge is 0.351 e. The maximum atomic E-state index is 6.15. The normalized spacial score (nSPS) is 36.1. The van der Waals surface area contributed by atoms with Crippen LogP contribution in [0.3, 0.4) is 0 Å². The summed E-state index contributed by atoms with van der Waals surface area (Å²) in [5.74, 6) is 0.384. The molecule has 3 unspecified atom stereocenters. The van der Waals surface area contributed by atoms with E-state index in [1.807, 2.05) is 11.8 Å². The summed E-state index contributed by atoms with van der Waals surface area (Å²) >= 11 is 7.40. The van der Waals surface area contributed by atoms with Crippen LogP contribution in [-0.2, 0) is 0 Å².